The molecule has 1 aliphatic rings. The lowest BCUT2D eigenvalue weighted by Crippen LogP contribution is -2.11. The molecule has 0 radical (unpaired) electrons. The monoisotopic (exact) mass is 457 g/mol. The van der Waals surface area contributed by atoms with Crippen LogP contribution in [0.4, 0.5) is 0 Å². The number of aryl methyl sites for hydroxylation is 2. The third-order valence-corrected chi connectivity index (χ3v) is 6.33. The van der Waals surface area contributed by atoms with Crippen LogP contribution >= 0.6 is 15.9 Å². The van der Waals surface area contributed by atoms with E-state index in [1.54, 1.807) is 0 Å². The zero-order chi connectivity index (χ0) is 20.8. The molecule has 0 aliphatic heterocycles. The quantitative estimate of drug-likeness (QED) is 0.390. The lowest BCUT2D eigenvalue weighted by Gasteiger charge is -2.22. The normalized spacial score (nSPS) is 12.3. The molecule has 30 heavy (non-hydrogen) atoms. The molecule has 5 rings (SSSR count). The fourth-order valence-corrected chi connectivity index (χ4v) is 4.73. The number of aromatic amines is 1. The zero-order valence-corrected chi connectivity index (χ0v) is 18.4. The van der Waals surface area contributed by atoms with Crippen molar-refractivity contribution in [2.75, 3.05) is 6.61 Å². The molecule has 0 bridgehead atoms. The fraction of sp³-hybridized carbons (Fsp3) is 0.200. The number of fused-ring (bicyclic) bond motifs is 5. The topological polar surface area (TPSA) is 61.7 Å². The summed E-state index contributed by atoms with van der Waals surface area (Å²) in [6, 6.07) is 16.9. The molecule has 5 heteroatoms. The summed E-state index contributed by atoms with van der Waals surface area (Å²) in [7, 11) is 0. The average Bonchev–Trinajstić information content (AvgIpc) is 3.14. The highest BCUT2D eigenvalue weighted by molar-refractivity contribution is 9.10. The van der Waals surface area contributed by atoms with Crippen molar-refractivity contribution in [1.29, 1.82) is 5.26 Å². The molecule has 0 fully saturated rings. The average molecular weight is 458 g/mol. The van der Waals surface area contributed by atoms with E-state index < -0.39 is 0 Å². The molecule has 0 atom stereocenters. The Labute approximate surface area is 183 Å². The molecule has 2 aromatic carbocycles. The minimum Gasteiger partial charge on any atom is -0.477 e. The van der Waals surface area contributed by atoms with Crippen LogP contribution in [0.25, 0.3) is 33.4 Å². The number of halogens is 1. The maximum absolute atomic E-state index is 10.0. The summed E-state index contributed by atoms with van der Waals surface area (Å²) in [5.74, 6) is 0.403. The fourth-order valence-electron chi connectivity index (χ4n) is 4.46. The van der Waals surface area contributed by atoms with Gasteiger partial charge in [0.1, 0.15) is 11.6 Å². The highest BCUT2D eigenvalue weighted by atomic mass is 79.9. The first-order valence-electron chi connectivity index (χ1n) is 10.1. The number of rotatable bonds is 3. The first kappa shape index (κ1) is 18.9. The number of benzene rings is 2. The van der Waals surface area contributed by atoms with Crippen molar-refractivity contribution in [3.63, 3.8) is 0 Å². The number of pyridine rings is 1. The number of para-hydroxylation sites is 1. The van der Waals surface area contributed by atoms with Crippen LogP contribution in [0.15, 0.2) is 46.9 Å². The minimum atomic E-state index is 0.403. The third kappa shape index (κ3) is 2.83. The number of H-pyrrole nitrogens is 1. The largest absolute Gasteiger partial charge is 0.477 e. The van der Waals surface area contributed by atoms with E-state index in [0.717, 1.165) is 50.9 Å². The smallest absolute Gasteiger partial charge is 0.232 e. The number of hydrogen-bond donors (Lipinski definition) is 1. The van der Waals surface area contributed by atoms with Gasteiger partial charge in [0.05, 0.1) is 18.0 Å². The van der Waals surface area contributed by atoms with Gasteiger partial charge in [-0.15, -0.1) is 0 Å². The number of nitrogens with one attached hydrogen (secondary N) is 1. The maximum atomic E-state index is 10.0. The number of nitriles is 1. The summed E-state index contributed by atoms with van der Waals surface area (Å²) in [6.07, 6.45) is 1.75. The van der Waals surface area contributed by atoms with Crippen molar-refractivity contribution in [1.82, 2.24) is 9.97 Å². The zero-order valence-electron chi connectivity index (χ0n) is 16.8. The molecule has 4 aromatic rings. The van der Waals surface area contributed by atoms with Crippen molar-refractivity contribution in [2.45, 2.75) is 26.7 Å². The predicted molar refractivity (Wildman–Crippen MR) is 123 cm³/mol. The van der Waals surface area contributed by atoms with Crippen LogP contribution in [0.2, 0.25) is 0 Å². The first-order chi connectivity index (χ1) is 14.6. The number of aromatic nitrogens is 2. The van der Waals surface area contributed by atoms with Crippen LogP contribution in [0, 0.1) is 18.3 Å². The van der Waals surface area contributed by atoms with E-state index in [1.807, 2.05) is 31.2 Å². The number of hydrogen-bond acceptors (Lipinski definition) is 3. The van der Waals surface area contributed by atoms with Gasteiger partial charge in [-0.25, -0.2) is 4.98 Å². The lowest BCUT2D eigenvalue weighted by atomic mass is 9.85. The molecule has 148 valence electrons. The highest BCUT2D eigenvalue weighted by Crippen LogP contribution is 2.44. The van der Waals surface area contributed by atoms with Crippen LogP contribution in [0.1, 0.15) is 29.2 Å². The summed E-state index contributed by atoms with van der Waals surface area (Å²) in [5, 5.41) is 11.3. The molecular weight excluding hydrogens is 438 g/mol. The second kappa shape index (κ2) is 7.30. The van der Waals surface area contributed by atoms with Gasteiger partial charge in [-0.2, -0.15) is 5.26 Å². The summed E-state index contributed by atoms with van der Waals surface area (Å²) < 4.78 is 6.84. The molecule has 2 aromatic heterocycles. The Morgan fingerprint density at radius 2 is 1.90 bits per heavy atom. The van der Waals surface area contributed by atoms with Crippen molar-refractivity contribution in [2.24, 2.45) is 0 Å². The van der Waals surface area contributed by atoms with E-state index in [9.17, 15) is 5.26 Å². The summed E-state index contributed by atoms with van der Waals surface area (Å²) in [6.45, 7) is 4.49. The van der Waals surface area contributed by atoms with Crippen molar-refractivity contribution >= 4 is 26.8 Å². The molecule has 0 saturated carbocycles. The maximum Gasteiger partial charge on any atom is 0.232 e. The Morgan fingerprint density at radius 3 is 2.63 bits per heavy atom. The standard InChI is InChI=1S/C25H20BrN3O/c1-3-30-25-20(13-27)21(15-7-9-16(26)10-8-15)19-12-11-18-17-6-4-5-14(2)22(17)28-23(18)24(19)29-25/h4-10,28H,3,11-12H2,1-2H3. The van der Waals surface area contributed by atoms with Crippen LogP contribution in [-0.2, 0) is 12.8 Å². The molecule has 0 amide bonds. The van der Waals surface area contributed by atoms with Crippen molar-refractivity contribution < 1.29 is 4.74 Å². The Kier molecular flexibility index (Phi) is 4.60. The van der Waals surface area contributed by atoms with Crippen LogP contribution < -0.4 is 4.74 Å². The van der Waals surface area contributed by atoms with Gasteiger partial charge in [0, 0.05) is 20.9 Å². The SMILES string of the molecule is CCOc1nc2c(c(-c3ccc(Br)cc3)c1C#N)CCc1c-2[nH]c2c(C)cccc12. The van der Waals surface area contributed by atoms with Gasteiger partial charge in [-0.1, -0.05) is 46.3 Å². The molecule has 1 aliphatic carbocycles. The molecule has 0 unspecified atom stereocenters. The van der Waals surface area contributed by atoms with Crippen molar-refractivity contribution in [3.8, 4) is 34.5 Å². The van der Waals surface area contributed by atoms with Gasteiger partial charge in [-0.3, -0.25) is 0 Å². The van der Waals surface area contributed by atoms with E-state index in [4.69, 9.17) is 9.72 Å². The molecule has 0 saturated heterocycles. The molecule has 4 nitrogen and oxygen atoms in total. The molecule has 1 N–H and O–H groups in total. The van der Waals surface area contributed by atoms with Crippen LogP contribution in [0.3, 0.4) is 0 Å². The second-order valence-electron chi connectivity index (χ2n) is 7.52. The molecule has 2 heterocycles. The first-order valence-corrected chi connectivity index (χ1v) is 10.9. The third-order valence-electron chi connectivity index (χ3n) is 5.80. The summed E-state index contributed by atoms with van der Waals surface area (Å²) in [4.78, 5) is 8.49. The van der Waals surface area contributed by atoms with Crippen molar-refractivity contribution in [3.05, 3.63) is 69.2 Å². The van der Waals surface area contributed by atoms with Crippen LogP contribution in [-0.4, -0.2) is 16.6 Å². The van der Waals surface area contributed by atoms with Gasteiger partial charge < -0.3 is 9.72 Å². The Hall–Kier alpha value is -3.10. The van der Waals surface area contributed by atoms with Gasteiger partial charge >= 0.3 is 0 Å². The van der Waals surface area contributed by atoms with E-state index in [0.29, 0.717) is 18.1 Å². The lowest BCUT2D eigenvalue weighted by molar-refractivity contribution is 0.326. The Balaban J connectivity index is 1.85. The van der Waals surface area contributed by atoms with Gasteiger partial charge in [0.2, 0.25) is 5.88 Å². The number of ether oxygens (including phenoxy) is 1. The van der Waals surface area contributed by atoms with Gasteiger partial charge in [-0.05, 0) is 61.1 Å². The predicted octanol–water partition coefficient (Wildman–Crippen LogP) is 6.34. The Morgan fingerprint density at radius 1 is 1.13 bits per heavy atom. The molecular formula is C25H20BrN3O. The van der Waals surface area contributed by atoms with Crippen LogP contribution in [0.5, 0.6) is 5.88 Å². The van der Waals surface area contributed by atoms with E-state index >= 15 is 0 Å². The molecule has 0 spiro atoms. The highest BCUT2D eigenvalue weighted by Gasteiger charge is 2.29. The van der Waals surface area contributed by atoms with Gasteiger partial charge in [0.25, 0.3) is 0 Å². The number of nitrogens with zero attached hydrogens (tertiary/aromatic N) is 2. The minimum absolute atomic E-state index is 0.403. The van der Waals surface area contributed by atoms with E-state index in [1.165, 1.54) is 16.5 Å². The Bertz CT molecular complexity index is 1330. The van der Waals surface area contributed by atoms with Gasteiger partial charge in [0.15, 0.2) is 0 Å². The second-order valence-corrected chi connectivity index (χ2v) is 8.44. The summed E-state index contributed by atoms with van der Waals surface area (Å²) in [5.41, 5.74) is 9.16. The van der Waals surface area contributed by atoms with E-state index in [2.05, 4.69) is 52.1 Å². The summed E-state index contributed by atoms with van der Waals surface area (Å²) >= 11 is 3.51. The van der Waals surface area contributed by atoms with E-state index in [-0.39, 0.29) is 0 Å².